The van der Waals surface area contributed by atoms with Crippen molar-refractivity contribution in [3.8, 4) is 0 Å². The van der Waals surface area contributed by atoms with Crippen molar-refractivity contribution in [3.05, 3.63) is 65.2 Å². The molecule has 0 aliphatic carbocycles. The van der Waals surface area contributed by atoms with Gasteiger partial charge in [-0.25, -0.2) is 0 Å². The number of amides is 1. The van der Waals surface area contributed by atoms with Gasteiger partial charge in [0.2, 0.25) is 0 Å². The van der Waals surface area contributed by atoms with Gasteiger partial charge in [0.05, 0.1) is 0 Å². The number of benzene rings is 2. The number of carbonyl (C=O) groups excluding carboxylic acids is 1. The van der Waals surface area contributed by atoms with E-state index in [4.69, 9.17) is 0 Å². The SMILES string of the molecule is Cc1cccc(C(=O)N(C)c2ccccc2)c1C. The quantitative estimate of drug-likeness (QED) is 0.784. The first kappa shape index (κ1) is 12.4. The van der Waals surface area contributed by atoms with Crippen molar-refractivity contribution in [2.24, 2.45) is 0 Å². The van der Waals surface area contributed by atoms with Crippen LogP contribution in [0.5, 0.6) is 0 Å². The third-order valence-electron chi connectivity index (χ3n) is 3.28. The lowest BCUT2D eigenvalue weighted by Gasteiger charge is -2.19. The molecule has 0 atom stereocenters. The predicted octanol–water partition coefficient (Wildman–Crippen LogP) is 3.58. The molecule has 2 aromatic rings. The van der Waals surface area contributed by atoms with Gasteiger partial charge in [-0.3, -0.25) is 4.79 Å². The summed E-state index contributed by atoms with van der Waals surface area (Å²) >= 11 is 0. The van der Waals surface area contributed by atoms with Gasteiger partial charge < -0.3 is 4.90 Å². The van der Waals surface area contributed by atoms with Crippen LogP contribution in [0.15, 0.2) is 48.5 Å². The van der Waals surface area contributed by atoms with Crippen LogP contribution in [0.2, 0.25) is 0 Å². The lowest BCUT2D eigenvalue weighted by molar-refractivity contribution is 0.0992. The first-order chi connectivity index (χ1) is 8.61. The van der Waals surface area contributed by atoms with Crippen molar-refractivity contribution in [1.82, 2.24) is 0 Å². The second kappa shape index (κ2) is 5.05. The topological polar surface area (TPSA) is 20.3 Å². The third-order valence-corrected chi connectivity index (χ3v) is 3.28. The van der Waals surface area contributed by atoms with Crippen molar-refractivity contribution in [2.45, 2.75) is 13.8 Å². The lowest BCUT2D eigenvalue weighted by atomic mass is 10.0. The van der Waals surface area contributed by atoms with Gasteiger partial charge in [0.1, 0.15) is 0 Å². The van der Waals surface area contributed by atoms with Crippen molar-refractivity contribution in [3.63, 3.8) is 0 Å². The van der Waals surface area contributed by atoms with Crippen LogP contribution in [0, 0.1) is 13.8 Å². The molecule has 1 amide bonds. The number of anilines is 1. The zero-order valence-corrected chi connectivity index (χ0v) is 11.0. The first-order valence-corrected chi connectivity index (χ1v) is 6.00. The van der Waals surface area contributed by atoms with Crippen LogP contribution in [-0.4, -0.2) is 13.0 Å². The van der Waals surface area contributed by atoms with E-state index in [2.05, 4.69) is 0 Å². The molecule has 0 unspecified atom stereocenters. The highest BCUT2D eigenvalue weighted by Gasteiger charge is 2.15. The zero-order valence-electron chi connectivity index (χ0n) is 11.0. The molecule has 0 saturated heterocycles. The Bertz CT molecular complexity index is 561. The number of hydrogen-bond acceptors (Lipinski definition) is 1. The van der Waals surface area contributed by atoms with E-state index < -0.39 is 0 Å². The summed E-state index contributed by atoms with van der Waals surface area (Å²) in [5, 5.41) is 0. The molecule has 92 valence electrons. The molecule has 0 aliphatic heterocycles. The Morgan fingerprint density at radius 1 is 0.944 bits per heavy atom. The molecule has 0 saturated carbocycles. The summed E-state index contributed by atoms with van der Waals surface area (Å²) < 4.78 is 0. The van der Waals surface area contributed by atoms with Gasteiger partial charge in [-0.1, -0.05) is 30.3 Å². The maximum absolute atomic E-state index is 12.4. The molecule has 0 heterocycles. The maximum Gasteiger partial charge on any atom is 0.258 e. The minimum atomic E-state index is 0.0300. The molecule has 0 fully saturated rings. The summed E-state index contributed by atoms with van der Waals surface area (Å²) in [6.07, 6.45) is 0. The molecule has 2 rings (SSSR count). The third kappa shape index (κ3) is 2.28. The van der Waals surface area contributed by atoms with Crippen molar-refractivity contribution in [2.75, 3.05) is 11.9 Å². The number of aryl methyl sites for hydroxylation is 1. The molecule has 18 heavy (non-hydrogen) atoms. The number of para-hydroxylation sites is 1. The summed E-state index contributed by atoms with van der Waals surface area (Å²) in [6.45, 7) is 4.01. The van der Waals surface area contributed by atoms with E-state index in [-0.39, 0.29) is 5.91 Å². The molecule has 2 heteroatoms. The van der Waals surface area contributed by atoms with Gasteiger partial charge in [0.25, 0.3) is 5.91 Å². The average molecular weight is 239 g/mol. The first-order valence-electron chi connectivity index (χ1n) is 6.00. The van der Waals surface area contributed by atoms with Gasteiger partial charge in [-0.05, 0) is 43.2 Å². The number of carbonyl (C=O) groups is 1. The van der Waals surface area contributed by atoms with E-state index in [0.717, 1.165) is 22.4 Å². The van der Waals surface area contributed by atoms with Gasteiger partial charge in [-0.2, -0.15) is 0 Å². The fourth-order valence-corrected chi connectivity index (χ4v) is 1.93. The second-order valence-electron chi connectivity index (χ2n) is 4.45. The van der Waals surface area contributed by atoms with E-state index in [0.29, 0.717) is 0 Å². The molecule has 0 spiro atoms. The monoisotopic (exact) mass is 239 g/mol. The minimum Gasteiger partial charge on any atom is -0.311 e. The van der Waals surface area contributed by atoms with Crippen LogP contribution in [0.1, 0.15) is 21.5 Å². The summed E-state index contributed by atoms with van der Waals surface area (Å²) in [5.41, 5.74) is 3.86. The van der Waals surface area contributed by atoms with E-state index >= 15 is 0 Å². The Morgan fingerprint density at radius 2 is 1.61 bits per heavy atom. The van der Waals surface area contributed by atoms with Crippen LogP contribution in [-0.2, 0) is 0 Å². The van der Waals surface area contributed by atoms with E-state index in [1.165, 1.54) is 0 Å². The molecule has 0 radical (unpaired) electrons. The normalized spacial score (nSPS) is 10.2. The highest BCUT2D eigenvalue weighted by molar-refractivity contribution is 6.06. The summed E-state index contributed by atoms with van der Waals surface area (Å²) in [5.74, 6) is 0.0300. The molecule has 2 aromatic carbocycles. The molecule has 0 N–H and O–H groups in total. The van der Waals surface area contributed by atoms with E-state index in [1.54, 1.807) is 11.9 Å². The Balaban J connectivity index is 2.35. The smallest absolute Gasteiger partial charge is 0.258 e. The highest BCUT2D eigenvalue weighted by atomic mass is 16.2. The molecule has 0 aliphatic rings. The van der Waals surface area contributed by atoms with Crippen LogP contribution in [0.3, 0.4) is 0 Å². The average Bonchev–Trinajstić information content (AvgIpc) is 2.41. The highest BCUT2D eigenvalue weighted by Crippen LogP contribution is 2.18. The molecule has 0 bridgehead atoms. The lowest BCUT2D eigenvalue weighted by Crippen LogP contribution is -2.26. The second-order valence-corrected chi connectivity index (χ2v) is 4.45. The molecular weight excluding hydrogens is 222 g/mol. The minimum absolute atomic E-state index is 0.0300. The largest absolute Gasteiger partial charge is 0.311 e. The summed E-state index contributed by atoms with van der Waals surface area (Å²) in [4.78, 5) is 14.1. The van der Waals surface area contributed by atoms with Gasteiger partial charge >= 0.3 is 0 Å². The van der Waals surface area contributed by atoms with Crippen LogP contribution >= 0.6 is 0 Å². The predicted molar refractivity (Wildman–Crippen MR) is 75.1 cm³/mol. The van der Waals surface area contributed by atoms with Gasteiger partial charge in [-0.15, -0.1) is 0 Å². The van der Waals surface area contributed by atoms with Gasteiger partial charge in [0, 0.05) is 18.3 Å². The molecule has 2 nitrogen and oxygen atoms in total. The molecule has 0 aromatic heterocycles. The molecular formula is C16H17NO. The Kier molecular flexibility index (Phi) is 3.47. The number of hydrogen-bond donors (Lipinski definition) is 0. The van der Waals surface area contributed by atoms with Crippen molar-refractivity contribution >= 4 is 11.6 Å². The Labute approximate surface area is 108 Å². The Morgan fingerprint density at radius 3 is 2.28 bits per heavy atom. The van der Waals surface area contributed by atoms with E-state index in [1.807, 2.05) is 62.4 Å². The fraction of sp³-hybridized carbons (Fsp3) is 0.188. The summed E-state index contributed by atoms with van der Waals surface area (Å²) in [6, 6.07) is 15.5. The van der Waals surface area contributed by atoms with Crippen LogP contribution < -0.4 is 4.90 Å². The Hall–Kier alpha value is -2.09. The zero-order chi connectivity index (χ0) is 13.1. The van der Waals surface area contributed by atoms with Crippen molar-refractivity contribution in [1.29, 1.82) is 0 Å². The van der Waals surface area contributed by atoms with Crippen LogP contribution in [0.4, 0.5) is 5.69 Å². The summed E-state index contributed by atoms with van der Waals surface area (Å²) in [7, 11) is 1.80. The fourth-order valence-electron chi connectivity index (χ4n) is 1.93. The standard InChI is InChI=1S/C16H17NO/c1-12-8-7-11-15(13(12)2)16(18)17(3)14-9-5-4-6-10-14/h4-11H,1-3H3. The van der Waals surface area contributed by atoms with E-state index in [9.17, 15) is 4.79 Å². The van der Waals surface area contributed by atoms with Gasteiger partial charge in [0.15, 0.2) is 0 Å². The number of nitrogens with zero attached hydrogens (tertiary/aromatic N) is 1. The number of rotatable bonds is 2. The van der Waals surface area contributed by atoms with Crippen molar-refractivity contribution < 1.29 is 4.79 Å². The van der Waals surface area contributed by atoms with Crippen LogP contribution in [0.25, 0.3) is 0 Å². The maximum atomic E-state index is 12.4.